The number of hydrogen-bond acceptors (Lipinski definition) is 3. The number of halogens is 3. The van der Waals surface area contributed by atoms with Gasteiger partial charge >= 0.3 is 0 Å². The van der Waals surface area contributed by atoms with E-state index in [1.54, 1.807) is 0 Å². The Labute approximate surface area is 136 Å². The lowest BCUT2D eigenvalue weighted by atomic mass is 10.2. The zero-order valence-electron chi connectivity index (χ0n) is 11.7. The van der Waals surface area contributed by atoms with Gasteiger partial charge in [-0.2, -0.15) is 0 Å². The number of amides is 1. The number of benzene rings is 2. The van der Waals surface area contributed by atoms with Gasteiger partial charge in [-0.1, -0.05) is 11.6 Å². The van der Waals surface area contributed by atoms with Crippen LogP contribution in [0.25, 0.3) is 0 Å². The van der Waals surface area contributed by atoms with Crippen LogP contribution in [0.1, 0.15) is 10.4 Å². The zero-order valence-corrected chi connectivity index (χ0v) is 13.3. The van der Waals surface area contributed by atoms with Crippen molar-refractivity contribution in [3.63, 3.8) is 0 Å². The molecule has 0 unspecified atom stereocenters. The van der Waals surface area contributed by atoms with E-state index in [1.165, 1.54) is 25.2 Å². The molecular weight excluding hydrogens is 350 g/mol. The molecule has 2 aromatic carbocycles. The van der Waals surface area contributed by atoms with E-state index in [2.05, 4.69) is 10.0 Å². The molecule has 2 N–H and O–H groups in total. The van der Waals surface area contributed by atoms with Gasteiger partial charge in [0.25, 0.3) is 5.91 Å². The van der Waals surface area contributed by atoms with Crippen LogP contribution >= 0.6 is 11.6 Å². The van der Waals surface area contributed by atoms with Crippen LogP contribution in [0.5, 0.6) is 0 Å². The Morgan fingerprint density at radius 1 is 1.09 bits per heavy atom. The lowest BCUT2D eigenvalue weighted by Gasteiger charge is -2.09. The maximum absolute atomic E-state index is 13.1. The molecule has 0 bridgehead atoms. The molecule has 0 heterocycles. The molecule has 0 aliphatic rings. The number of carbonyl (C=O) groups excluding carboxylic acids is 1. The van der Waals surface area contributed by atoms with E-state index in [4.69, 9.17) is 11.6 Å². The van der Waals surface area contributed by atoms with Crippen molar-refractivity contribution >= 4 is 33.2 Å². The highest BCUT2D eigenvalue weighted by Crippen LogP contribution is 2.22. The molecule has 0 atom stereocenters. The summed E-state index contributed by atoms with van der Waals surface area (Å²) < 4.78 is 51.6. The molecule has 2 aromatic rings. The second-order valence-electron chi connectivity index (χ2n) is 4.43. The SMILES string of the molecule is CNS(=O)(=O)c1ccc(Cl)c(C(=O)Nc2ccc(F)c(F)c2)c1. The Morgan fingerprint density at radius 2 is 1.78 bits per heavy atom. The minimum absolute atomic E-state index is 0.00634. The molecule has 0 spiro atoms. The van der Waals surface area contributed by atoms with Gasteiger partial charge in [-0.3, -0.25) is 4.79 Å². The van der Waals surface area contributed by atoms with Gasteiger partial charge in [-0.15, -0.1) is 0 Å². The predicted molar refractivity (Wildman–Crippen MR) is 82.0 cm³/mol. The fourth-order valence-electron chi connectivity index (χ4n) is 1.74. The van der Waals surface area contributed by atoms with Crippen molar-refractivity contribution in [1.82, 2.24) is 4.72 Å². The molecule has 2 rings (SSSR count). The fourth-order valence-corrected chi connectivity index (χ4v) is 2.69. The third kappa shape index (κ3) is 3.84. The Morgan fingerprint density at radius 3 is 2.39 bits per heavy atom. The first kappa shape index (κ1) is 17.3. The highest BCUT2D eigenvalue weighted by atomic mass is 35.5. The van der Waals surface area contributed by atoms with Crippen molar-refractivity contribution in [1.29, 1.82) is 0 Å². The highest BCUT2D eigenvalue weighted by molar-refractivity contribution is 7.89. The molecule has 122 valence electrons. The molecule has 23 heavy (non-hydrogen) atoms. The van der Waals surface area contributed by atoms with Gasteiger partial charge in [-0.05, 0) is 37.4 Å². The van der Waals surface area contributed by atoms with Crippen LogP contribution in [-0.2, 0) is 10.0 Å². The standard InChI is InChI=1S/C14H11ClF2N2O3S/c1-18-23(21,22)9-3-4-11(15)10(7-9)14(20)19-8-2-5-12(16)13(17)6-8/h2-7,18H,1H3,(H,19,20). The summed E-state index contributed by atoms with van der Waals surface area (Å²) in [5.74, 6) is -2.93. The topological polar surface area (TPSA) is 75.3 Å². The van der Waals surface area contributed by atoms with Crippen LogP contribution < -0.4 is 10.0 Å². The van der Waals surface area contributed by atoms with Gasteiger partial charge in [0, 0.05) is 11.8 Å². The normalized spacial score (nSPS) is 11.3. The Bertz CT molecular complexity index is 872. The van der Waals surface area contributed by atoms with Crippen molar-refractivity contribution in [3.05, 3.63) is 58.6 Å². The molecule has 5 nitrogen and oxygen atoms in total. The average molecular weight is 361 g/mol. The second kappa shape index (κ2) is 6.61. The number of sulfonamides is 1. The lowest BCUT2D eigenvalue weighted by Crippen LogP contribution is -2.20. The number of anilines is 1. The van der Waals surface area contributed by atoms with E-state index in [1.807, 2.05) is 0 Å². The summed E-state index contributed by atoms with van der Waals surface area (Å²) in [6, 6.07) is 6.40. The summed E-state index contributed by atoms with van der Waals surface area (Å²) >= 11 is 5.90. The first-order valence-electron chi connectivity index (χ1n) is 6.24. The summed E-state index contributed by atoms with van der Waals surface area (Å²) in [7, 11) is -2.53. The smallest absolute Gasteiger partial charge is 0.257 e. The molecule has 1 amide bonds. The van der Waals surface area contributed by atoms with Gasteiger partial charge in [0.2, 0.25) is 10.0 Å². The lowest BCUT2D eigenvalue weighted by molar-refractivity contribution is 0.102. The van der Waals surface area contributed by atoms with Gasteiger partial charge in [0.1, 0.15) is 0 Å². The second-order valence-corrected chi connectivity index (χ2v) is 6.73. The number of nitrogens with one attached hydrogen (secondary N) is 2. The van der Waals surface area contributed by atoms with Crippen LogP contribution in [0, 0.1) is 11.6 Å². The minimum Gasteiger partial charge on any atom is -0.322 e. The Kier molecular flexibility index (Phi) is 4.98. The fraction of sp³-hybridized carbons (Fsp3) is 0.0714. The summed E-state index contributed by atoms with van der Waals surface area (Å²) in [5, 5.41) is 2.33. The van der Waals surface area contributed by atoms with Crippen molar-refractivity contribution < 1.29 is 22.0 Å². The summed E-state index contributed by atoms with van der Waals surface area (Å²) in [5.41, 5.74) is -0.112. The van der Waals surface area contributed by atoms with E-state index < -0.39 is 27.6 Å². The first-order chi connectivity index (χ1) is 10.7. The summed E-state index contributed by atoms with van der Waals surface area (Å²) in [4.78, 5) is 12.0. The summed E-state index contributed by atoms with van der Waals surface area (Å²) in [6.07, 6.45) is 0. The van der Waals surface area contributed by atoms with E-state index >= 15 is 0 Å². The van der Waals surface area contributed by atoms with E-state index in [0.29, 0.717) is 0 Å². The number of carbonyl (C=O) groups is 1. The predicted octanol–water partition coefficient (Wildman–Crippen LogP) is 2.78. The molecule has 9 heteroatoms. The zero-order chi connectivity index (χ0) is 17.2. The van der Waals surface area contributed by atoms with Gasteiger partial charge in [0.15, 0.2) is 11.6 Å². The van der Waals surface area contributed by atoms with E-state index in [-0.39, 0.29) is 21.2 Å². The Hall–Kier alpha value is -2.03. The van der Waals surface area contributed by atoms with Crippen LogP contribution in [0.15, 0.2) is 41.3 Å². The molecule has 0 aliphatic carbocycles. The maximum Gasteiger partial charge on any atom is 0.257 e. The molecule has 0 aliphatic heterocycles. The van der Waals surface area contributed by atoms with Crippen LogP contribution in [0.2, 0.25) is 5.02 Å². The highest BCUT2D eigenvalue weighted by Gasteiger charge is 2.18. The maximum atomic E-state index is 13.1. The third-order valence-corrected chi connectivity index (χ3v) is 4.68. The number of rotatable bonds is 4. The van der Waals surface area contributed by atoms with Gasteiger partial charge in [-0.25, -0.2) is 21.9 Å². The van der Waals surface area contributed by atoms with Crippen LogP contribution in [0.3, 0.4) is 0 Å². The molecule has 0 fully saturated rings. The molecule has 0 saturated carbocycles. The van der Waals surface area contributed by atoms with Crippen molar-refractivity contribution in [2.24, 2.45) is 0 Å². The number of hydrogen-bond donors (Lipinski definition) is 2. The van der Waals surface area contributed by atoms with Crippen molar-refractivity contribution in [2.45, 2.75) is 4.90 Å². The minimum atomic E-state index is -3.75. The van der Waals surface area contributed by atoms with Gasteiger partial charge in [0.05, 0.1) is 15.5 Å². The van der Waals surface area contributed by atoms with E-state index in [9.17, 15) is 22.0 Å². The third-order valence-electron chi connectivity index (χ3n) is 2.94. The molecule has 0 aromatic heterocycles. The molecule has 0 saturated heterocycles. The first-order valence-corrected chi connectivity index (χ1v) is 8.10. The van der Waals surface area contributed by atoms with Crippen molar-refractivity contribution in [3.8, 4) is 0 Å². The average Bonchev–Trinajstić information content (AvgIpc) is 2.51. The summed E-state index contributed by atoms with van der Waals surface area (Å²) in [6.45, 7) is 0. The quantitative estimate of drug-likeness (QED) is 0.880. The van der Waals surface area contributed by atoms with Gasteiger partial charge < -0.3 is 5.32 Å². The Balaban J connectivity index is 2.35. The van der Waals surface area contributed by atoms with E-state index in [0.717, 1.165) is 18.2 Å². The van der Waals surface area contributed by atoms with Crippen LogP contribution in [-0.4, -0.2) is 21.4 Å². The molecule has 0 radical (unpaired) electrons. The van der Waals surface area contributed by atoms with Crippen molar-refractivity contribution in [2.75, 3.05) is 12.4 Å². The monoisotopic (exact) mass is 360 g/mol. The van der Waals surface area contributed by atoms with Crippen LogP contribution in [0.4, 0.5) is 14.5 Å². The largest absolute Gasteiger partial charge is 0.322 e. The molecular formula is C14H11ClF2N2O3S.